The van der Waals surface area contributed by atoms with Gasteiger partial charge in [0.25, 0.3) is 0 Å². The van der Waals surface area contributed by atoms with Gasteiger partial charge in [-0.25, -0.2) is 0 Å². The van der Waals surface area contributed by atoms with Crippen LogP contribution in [0.4, 0.5) is 0 Å². The van der Waals surface area contributed by atoms with Gasteiger partial charge in [0.05, 0.1) is 0 Å². The number of nitrogens with zero attached hydrogens (tertiary/aromatic N) is 1. The van der Waals surface area contributed by atoms with Crippen LogP contribution < -0.4 is 10.1 Å². The van der Waals surface area contributed by atoms with E-state index in [1.54, 1.807) is 0 Å². The first-order chi connectivity index (χ1) is 15.2. The number of nitrogens with one attached hydrogen (secondary N) is 1. The number of rotatable bonds is 7. The molecule has 1 heterocycles. The molecule has 1 N–H and O–H groups in total. The third-order valence-electron chi connectivity index (χ3n) is 5.78. The molecule has 0 spiro atoms. The molecule has 0 radical (unpaired) electrons. The van der Waals surface area contributed by atoms with Gasteiger partial charge in [-0.05, 0) is 54.7 Å². The van der Waals surface area contributed by atoms with Gasteiger partial charge >= 0.3 is 0 Å². The van der Waals surface area contributed by atoms with Crippen molar-refractivity contribution < 1.29 is 9.53 Å². The van der Waals surface area contributed by atoms with Crippen molar-refractivity contribution in [1.82, 2.24) is 10.2 Å². The molecule has 1 unspecified atom stereocenters. The molecule has 4 nitrogen and oxygen atoms in total. The highest BCUT2D eigenvalue weighted by Gasteiger charge is 2.26. The van der Waals surface area contributed by atoms with Crippen LogP contribution >= 0.6 is 0 Å². The molecular formula is C27H30N2O2. The lowest BCUT2D eigenvalue weighted by molar-refractivity contribution is -0.134. The summed E-state index contributed by atoms with van der Waals surface area (Å²) in [6, 6.07) is 26.7. The van der Waals surface area contributed by atoms with E-state index in [1.165, 1.54) is 5.56 Å². The zero-order valence-electron chi connectivity index (χ0n) is 18.1. The molecular weight excluding hydrogens is 384 g/mol. The second-order valence-electron chi connectivity index (χ2n) is 8.16. The van der Waals surface area contributed by atoms with Crippen molar-refractivity contribution in [2.45, 2.75) is 32.2 Å². The smallest absolute Gasteiger partial charge is 0.223 e. The number of hydrogen-bond acceptors (Lipinski definition) is 3. The molecule has 4 rings (SSSR count). The molecule has 3 aromatic carbocycles. The van der Waals surface area contributed by atoms with Crippen LogP contribution in [0.3, 0.4) is 0 Å². The molecule has 3 aromatic rings. The predicted octanol–water partition coefficient (Wildman–Crippen LogP) is 4.76. The predicted molar refractivity (Wildman–Crippen MR) is 125 cm³/mol. The molecule has 1 atom stereocenters. The van der Waals surface area contributed by atoms with Crippen molar-refractivity contribution in [3.63, 3.8) is 0 Å². The van der Waals surface area contributed by atoms with Crippen molar-refractivity contribution in [2.24, 2.45) is 0 Å². The van der Waals surface area contributed by atoms with Crippen molar-refractivity contribution in [3.8, 4) is 11.5 Å². The number of benzene rings is 3. The van der Waals surface area contributed by atoms with Crippen molar-refractivity contribution in [2.75, 3.05) is 19.6 Å². The van der Waals surface area contributed by atoms with Gasteiger partial charge in [0.15, 0.2) is 0 Å². The van der Waals surface area contributed by atoms with Gasteiger partial charge in [0.2, 0.25) is 5.91 Å². The minimum absolute atomic E-state index is 0.197. The van der Waals surface area contributed by atoms with Crippen LogP contribution in [-0.2, 0) is 17.6 Å². The number of para-hydroxylation sites is 1. The minimum atomic E-state index is 0.197. The molecule has 0 bridgehead atoms. The van der Waals surface area contributed by atoms with E-state index in [9.17, 15) is 4.79 Å². The van der Waals surface area contributed by atoms with Crippen LogP contribution in [0, 0.1) is 6.92 Å². The van der Waals surface area contributed by atoms with Gasteiger partial charge in [0, 0.05) is 32.1 Å². The van der Waals surface area contributed by atoms with Crippen molar-refractivity contribution in [3.05, 3.63) is 95.6 Å². The maximum atomic E-state index is 13.1. The highest BCUT2D eigenvalue weighted by atomic mass is 16.5. The maximum absolute atomic E-state index is 13.1. The van der Waals surface area contributed by atoms with E-state index in [0.29, 0.717) is 12.8 Å². The number of aryl methyl sites for hydroxylation is 2. The summed E-state index contributed by atoms with van der Waals surface area (Å²) in [7, 11) is 0. The topological polar surface area (TPSA) is 41.6 Å². The van der Waals surface area contributed by atoms with Crippen molar-refractivity contribution >= 4 is 5.91 Å². The van der Waals surface area contributed by atoms with Crippen LogP contribution in [-0.4, -0.2) is 36.5 Å². The molecule has 1 aliphatic rings. The van der Waals surface area contributed by atoms with Gasteiger partial charge < -0.3 is 15.0 Å². The van der Waals surface area contributed by atoms with Gasteiger partial charge in [-0.2, -0.15) is 0 Å². The summed E-state index contributed by atoms with van der Waals surface area (Å²) in [5.41, 5.74) is 3.49. The summed E-state index contributed by atoms with van der Waals surface area (Å²) >= 11 is 0. The molecule has 0 saturated carbocycles. The molecule has 1 aliphatic heterocycles. The van der Waals surface area contributed by atoms with Gasteiger partial charge in [-0.1, -0.05) is 60.7 Å². The fourth-order valence-corrected chi connectivity index (χ4v) is 4.16. The number of carbonyl (C=O) groups excluding carboxylic acids is 1. The lowest BCUT2D eigenvalue weighted by Gasteiger charge is -2.36. The Morgan fingerprint density at radius 3 is 2.68 bits per heavy atom. The van der Waals surface area contributed by atoms with Crippen LogP contribution in [0.5, 0.6) is 11.5 Å². The number of amides is 1. The van der Waals surface area contributed by atoms with Crippen LogP contribution in [0.1, 0.15) is 23.1 Å². The van der Waals surface area contributed by atoms with E-state index in [0.717, 1.165) is 48.7 Å². The Hall–Kier alpha value is -3.11. The molecule has 1 saturated heterocycles. The summed E-state index contributed by atoms with van der Waals surface area (Å²) < 4.78 is 6.13. The lowest BCUT2D eigenvalue weighted by atomic mass is 10.0. The summed E-state index contributed by atoms with van der Waals surface area (Å²) in [4.78, 5) is 15.2. The monoisotopic (exact) mass is 414 g/mol. The van der Waals surface area contributed by atoms with Crippen LogP contribution in [0.2, 0.25) is 0 Å². The quantitative estimate of drug-likeness (QED) is 0.606. The van der Waals surface area contributed by atoms with Gasteiger partial charge in [0.1, 0.15) is 11.5 Å². The van der Waals surface area contributed by atoms with E-state index in [1.807, 2.05) is 42.5 Å². The number of ether oxygens (including phenoxy) is 1. The summed E-state index contributed by atoms with van der Waals surface area (Å²) in [6.45, 7) is 4.51. The zero-order valence-corrected chi connectivity index (χ0v) is 18.1. The largest absolute Gasteiger partial charge is 0.457 e. The molecule has 31 heavy (non-hydrogen) atoms. The Morgan fingerprint density at radius 2 is 1.84 bits per heavy atom. The third-order valence-corrected chi connectivity index (χ3v) is 5.78. The molecule has 1 fully saturated rings. The SMILES string of the molecule is Cc1cccc(Oc2ccccc2CCC(=O)N2CCNCC2Cc2ccccc2)c1. The van der Waals surface area contributed by atoms with E-state index in [-0.39, 0.29) is 11.9 Å². The lowest BCUT2D eigenvalue weighted by Crippen LogP contribution is -2.54. The summed E-state index contributed by atoms with van der Waals surface area (Å²) in [6.07, 6.45) is 2.04. The number of carbonyl (C=O) groups is 1. The Balaban J connectivity index is 1.41. The molecule has 4 heteroatoms. The van der Waals surface area contributed by atoms with Crippen molar-refractivity contribution in [1.29, 1.82) is 0 Å². The van der Waals surface area contributed by atoms with Crippen LogP contribution in [0.15, 0.2) is 78.9 Å². The van der Waals surface area contributed by atoms with E-state index < -0.39 is 0 Å². The number of hydrogen-bond donors (Lipinski definition) is 1. The van der Waals surface area contributed by atoms with Crippen LogP contribution in [0.25, 0.3) is 0 Å². The summed E-state index contributed by atoms with van der Waals surface area (Å²) in [5.74, 6) is 1.86. The Bertz CT molecular complexity index is 1000. The second kappa shape index (κ2) is 10.3. The van der Waals surface area contributed by atoms with E-state index >= 15 is 0 Å². The zero-order chi connectivity index (χ0) is 21.5. The Morgan fingerprint density at radius 1 is 1.03 bits per heavy atom. The first-order valence-electron chi connectivity index (χ1n) is 11.1. The highest BCUT2D eigenvalue weighted by molar-refractivity contribution is 5.77. The fourth-order valence-electron chi connectivity index (χ4n) is 4.16. The standard InChI is InChI=1S/C27H30N2O2/c1-21-8-7-12-25(18-21)31-26-13-6-5-11-23(26)14-15-27(30)29-17-16-28-20-24(29)19-22-9-3-2-4-10-22/h2-13,18,24,28H,14-17,19-20H2,1H3. The first-order valence-corrected chi connectivity index (χ1v) is 11.1. The molecule has 1 amide bonds. The third kappa shape index (κ3) is 5.74. The fraction of sp³-hybridized carbons (Fsp3) is 0.296. The molecule has 0 aromatic heterocycles. The van der Waals surface area contributed by atoms with Gasteiger partial charge in [-0.3, -0.25) is 4.79 Å². The minimum Gasteiger partial charge on any atom is -0.457 e. The van der Waals surface area contributed by atoms with E-state index in [4.69, 9.17) is 4.74 Å². The molecule has 160 valence electrons. The maximum Gasteiger partial charge on any atom is 0.223 e. The molecule has 0 aliphatic carbocycles. The first kappa shape index (κ1) is 21.1. The Kier molecular flexibility index (Phi) is 7.00. The average molecular weight is 415 g/mol. The number of piperazine rings is 1. The highest BCUT2D eigenvalue weighted by Crippen LogP contribution is 2.27. The summed E-state index contributed by atoms with van der Waals surface area (Å²) in [5, 5.41) is 3.44. The second-order valence-corrected chi connectivity index (χ2v) is 8.16. The van der Waals surface area contributed by atoms with Gasteiger partial charge in [-0.15, -0.1) is 0 Å². The normalized spacial score (nSPS) is 16.2. The van der Waals surface area contributed by atoms with E-state index in [2.05, 4.69) is 53.5 Å². The Labute approximate surface area is 184 Å². The average Bonchev–Trinajstić information content (AvgIpc) is 2.79.